The topological polar surface area (TPSA) is 96.6 Å². The van der Waals surface area contributed by atoms with Gasteiger partial charge in [0.1, 0.15) is 0 Å². The van der Waals surface area contributed by atoms with E-state index in [4.69, 9.17) is 5.14 Å². The number of sulfonamides is 1. The minimum atomic E-state index is -3.69. The van der Waals surface area contributed by atoms with E-state index in [2.05, 4.69) is 29.5 Å². The molecule has 0 aliphatic rings. The molecule has 8 heteroatoms. The Hall–Kier alpha value is -0.870. The van der Waals surface area contributed by atoms with Crippen molar-refractivity contribution in [2.45, 2.75) is 57.9 Å². The molecule has 1 aromatic carbocycles. The molecule has 1 unspecified atom stereocenters. The fourth-order valence-electron chi connectivity index (χ4n) is 2.52. The van der Waals surface area contributed by atoms with Gasteiger partial charge in [0.05, 0.1) is 11.4 Å². The van der Waals surface area contributed by atoms with Crippen LogP contribution in [0.1, 0.15) is 52.0 Å². The zero-order chi connectivity index (χ0) is 18.7. The van der Waals surface area contributed by atoms with Crippen LogP contribution in [0.2, 0.25) is 0 Å². The molecular weight excluding hydrogens is 463 g/mol. The first-order valence-corrected chi connectivity index (χ1v) is 10.6. The van der Waals surface area contributed by atoms with Crippen molar-refractivity contribution in [3.8, 4) is 0 Å². The number of nitrogens with two attached hydrogens (primary N) is 1. The maximum atomic E-state index is 11.4. The molecule has 150 valence electrons. The van der Waals surface area contributed by atoms with E-state index in [-0.39, 0.29) is 28.9 Å². The monoisotopic (exact) mass is 496 g/mol. The van der Waals surface area contributed by atoms with Gasteiger partial charge in [0.25, 0.3) is 0 Å². The fourth-order valence-corrected chi connectivity index (χ4v) is 3.10. The molecule has 0 fully saturated rings. The van der Waals surface area contributed by atoms with Gasteiger partial charge in [0, 0.05) is 13.1 Å². The molecule has 0 radical (unpaired) electrons. The predicted octanol–water partition coefficient (Wildman–Crippen LogP) is 3.22. The van der Waals surface area contributed by atoms with Crippen LogP contribution < -0.4 is 15.8 Å². The van der Waals surface area contributed by atoms with Crippen molar-refractivity contribution in [2.24, 2.45) is 16.0 Å². The van der Waals surface area contributed by atoms with Gasteiger partial charge in [-0.2, -0.15) is 0 Å². The van der Waals surface area contributed by atoms with Crippen LogP contribution in [0, 0.1) is 5.92 Å². The predicted molar refractivity (Wildman–Crippen MR) is 119 cm³/mol. The summed E-state index contributed by atoms with van der Waals surface area (Å²) in [6.07, 6.45) is 4.82. The molecule has 0 spiro atoms. The van der Waals surface area contributed by atoms with Crippen molar-refractivity contribution in [1.29, 1.82) is 0 Å². The van der Waals surface area contributed by atoms with E-state index in [1.54, 1.807) is 12.1 Å². The second kappa shape index (κ2) is 13.3. The third-order valence-electron chi connectivity index (χ3n) is 4.09. The van der Waals surface area contributed by atoms with Gasteiger partial charge < -0.3 is 10.6 Å². The lowest BCUT2D eigenvalue weighted by Gasteiger charge is -2.18. The minimum absolute atomic E-state index is 0. The first kappa shape index (κ1) is 25.1. The van der Waals surface area contributed by atoms with Crippen molar-refractivity contribution in [3.63, 3.8) is 0 Å². The lowest BCUT2D eigenvalue weighted by Crippen LogP contribution is -2.39. The van der Waals surface area contributed by atoms with Crippen molar-refractivity contribution in [1.82, 2.24) is 10.6 Å². The Balaban J connectivity index is 0.00000625. The summed E-state index contributed by atoms with van der Waals surface area (Å²) in [5.74, 6) is 1.38. The SMILES string of the molecule is CCCCC(CC)CNC(=NCc1cccc(S(N)(=O)=O)c1)NCC.I. The van der Waals surface area contributed by atoms with E-state index in [1.807, 2.05) is 13.0 Å². The second-order valence-corrected chi connectivity index (χ2v) is 7.75. The molecule has 0 saturated carbocycles. The highest BCUT2D eigenvalue weighted by atomic mass is 127. The number of nitrogens with one attached hydrogen (secondary N) is 2. The molecule has 0 amide bonds. The zero-order valence-electron chi connectivity index (χ0n) is 16.0. The number of hydrogen-bond donors (Lipinski definition) is 3. The van der Waals surface area contributed by atoms with Gasteiger partial charge in [-0.1, -0.05) is 45.2 Å². The number of aliphatic imine (C=N–C) groups is 1. The molecule has 1 aromatic rings. The Morgan fingerprint density at radius 1 is 1.23 bits per heavy atom. The molecular formula is C18H33IN4O2S. The summed E-state index contributed by atoms with van der Waals surface area (Å²) in [7, 11) is -3.69. The number of benzene rings is 1. The minimum Gasteiger partial charge on any atom is -0.357 e. The molecule has 4 N–H and O–H groups in total. The zero-order valence-corrected chi connectivity index (χ0v) is 19.1. The molecule has 0 bridgehead atoms. The number of rotatable bonds is 10. The lowest BCUT2D eigenvalue weighted by atomic mass is 9.99. The summed E-state index contributed by atoms with van der Waals surface area (Å²) in [6.45, 7) is 8.50. The van der Waals surface area contributed by atoms with Gasteiger partial charge in [-0.3, -0.25) is 0 Å². The number of halogens is 1. The number of hydrogen-bond acceptors (Lipinski definition) is 3. The molecule has 0 aliphatic carbocycles. The van der Waals surface area contributed by atoms with Crippen LogP contribution in [0.25, 0.3) is 0 Å². The molecule has 0 heterocycles. The Labute approximate surface area is 175 Å². The van der Waals surface area contributed by atoms with Gasteiger partial charge in [0.15, 0.2) is 5.96 Å². The molecule has 0 aromatic heterocycles. The Morgan fingerprint density at radius 2 is 1.96 bits per heavy atom. The van der Waals surface area contributed by atoms with Crippen LogP contribution in [0.4, 0.5) is 0 Å². The van der Waals surface area contributed by atoms with E-state index < -0.39 is 10.0 Å². The Morgan fingerprint density at radius 3 is 2.54 bits per heavy atom. The number of unbranched alkanes of at least 4 members (excludes halogenated alkanes) is 1. The van der Waals surface area contributed by atoms with Gasteiger partial charge in [-0.05, 0) is 37.0 Å². The molecule has 26 heavy (non-hydrogen) atoms. The van der Waals surface area contributed by atoms with Crippen LogP contribution in [-0.4, -0.2) is 27.5 Å². The fraction of sp³-hybridized carbons (Fsp3) is 0.611. The van der Waals surface area contributed by atoms with Crippen LogP contribution in [0.5, 0.6) is 0 Å². The standard InChI is InChI=1S/C18H32N4O2S.HI/c1-4-7-9-15(5-2)13-21-18(20-6-3)22-14-16-10-8-11-17(12-16)25(19,23)24;/h8,10-12,15H,4-7,9,13-14H2,1-3H3,(H2,19,23,24)(H2,20,21,22);1H. The summed E-state index contributed by atoms with van der Waals surface area (Å²) in [5, 5.41) is 11.8. The first-order valence-electron chi connectivity index (χ1n) is 9.04. The highest BCUT2D eigenvalue weighted by Gasteiger charge is 2.09. The summed E-state index contributed by atoms with van der Waals surface area (Å²) in [6, 6.07) is 6.59. The molecule has 1 rings (SSSR count). The van der Waals surface area contributed by atoms with Crippen molar-refractivity contribution >= 4 is 40.0 Å². The molecule has 1 atom stereocenters. The highest BCUT2D eigenvalue weighted by molar-refractivity contribution is 14.0. The summed E-state index contributed by atoms with van der Waals surface area (Å²) in [4.78, 5) is 4.67. The van der Waals surface area contributed by atoms with Crippen molar-refractivity contribution < 1.29 is 8.42 Å². The molecule has 6 nitrogen and oxygen atoms in total. The van der Waals surface area contributed by atoms with Gasteiger partial charge in [-0.25, -0.2) is 18.5 Å². The number of guanidine groups is 1. The van der Waals surface area contributed by atoms with E-state index in [0.717, 1.165) is 31.0 Å². The maximum Gasteiger partial charge on any atom is 0.238 e. The second-order valence-electron chi connectivity index (χ2n) is 6.18. The maximum absolute atomic E-state index is 11.4. The average molecular weight is 496 g/mol. The smallest absolute Gasteiger partial charge is 0.238 e. The van der Waals surface area contributed by atoms with Gasteiger partial charge in [0.2, 0.25) is 10.0 Å². The van der Waals surface area contributed by atoms with Crippen LogP contribution >= 0.6 is 24.0 Å². The highest BCUT2D eigenvalue weighted by Crippen LogP contribution is 2.12. The van der Waals surface area contributed by atoms with E-state index in [1.165, 1.54) is 25.3 Å². The van der Waals surface area contributed by atoms with E-state index in [0.29, 0.717) is 12.5 Å². The number of nitrogens with zero attached hydrogens (tertiary/aromatic N) is 1. The summed E-state index contributed by atoms with van der Waals surface area (Å²) < 4.78 is 22.9. The Kier molecular flexibility index (Phi) is 12.9. The summed E-state index contributed by atoms with van der Waals surface area (Å²) in [5.41, 5.74) is 0.807. The van der Waals surface area contributed by atoms with Gasteiger partial charge in [-0.15, -0.1) is 24.0 Å². The third kappa shape index (κ3) is 9.72. The normalized spacial score (nSPS) is 13.0. The third-order valence-corrected chi connectivity index (χ3v) is 5.00. The van der Waals surface area contributed by atoms with Crippen LogP contribution in [0.3, 0.4) is 0 Å². The quantitative estimate of drug-likeness (QED) is 0.263. The van der Waals surface area contributed by atoms with Crippen LogP contribution in [-0.2, 0) is 16.6 Å². The lowest BCUT2D eigenvalue weighted by molar-refractivity contribution is 0.443. The molecule has 0 aliphatic heterocycles. The first-order chi connectivity index (χ1) is 11.9. The van der Waals surface area contributed by atoms with E-state index >= 15 is 0 Å². The van der Waals surface area contributed by atoms with E-state index in [9.17, 15) is 8.42 Å². The number of primary sulfonamides is 1. The van der Waals surface area contributed by atoms with Crippen molar-refractivity contribution in [3.05, 3.63) is 29.8 Å². The molecule has 0 saturated heterocycles. The van der Waals surface area contributed by atoms with Gasteiger partial charge >= 0.3 is 0 Å². The summed E-state index contributed by atoms with van der Waals surface area (Å²) >= 11 is 0. The van der Waals surface area contributed by atoms with Crippen LogP contribution in [0.15, 0.2) is 34.2 Å². The van der Waals surface area contributed by atoms with Crippen molar-refractivity contribution in [2.75, 3.05) is 13.1 Å². The Bertz CT molecular complexity index is 650. The average Bonchev–Trinajstić information content (AvgIpc) is 2.59. The largest absolute Gasteiger partial charge is 0.357 e.